The number of ether oxygens (including phenoxy) is 2. The first kappa shape index (κ1) is 32.6. The van der Waals surface area contributed by atoms with E-state index in [2.05, 4.69) is 12.2 Å². The Morgan fingerprint density at radius 2 is 1.78 bits per heavy atom. The molecule has 1 N–H and O–H groups in total. The molecule has 238 valence electrons. The molecule has 1 saturated carbocycles. The number of fused-ring (bicyclic) bond motifs is 1. The van der Waals surface area contributed by atoms with Gasteiger partial charge in [-0.15, -0.1) is 11.3 Å². The van der Waals surface area contributed by atoms with Gasteiger partial charge >= 0.3 is 5.97 Å². The van der Waals surface area contributed by atoms with Gasteiger partial charge in [0.05, 0.1) is 23.8 Å². The minimum Gasteiger partial charge on any atom is -0.496 e. The van der Waals surface area contributed by atoms with E-state index in [9.17, 15) is 18.4 Å². The number of amides is 1. The van der Waals surface area contributed by atoms with Gasteiger partial charge in [0.25, 0.3) is 5.91 Å². The van der Waals surface area contributed by atoms with Gasteiger partial charge in [-0.2, -0.15) is 0 Å². The number of benzene rings is 2. The van der Waals surface area contributed by atoms with Crippen LogP contribution in [0.3, 0.4) is 0 Å². The highest BCUT2D eigenvalue weighted by atomic mass is 32.1. The summed E-state index contributed by atoms with van der Waals surface area (Å²) in [7, 11) is 4.94. The molecule has 3 aromatic rings. The van der Waals surface area contributed by atoms with Crippen LogP contribution in [-0.4, -0.2) is 50.1 Å². The van der Waals surface area contributed by atoms with Crippen LogP contribution in [0.15, 0.2) is 59.7 Å². The summed E-state index contributed by atoms with van der Waals surface area (Å²) in [6.45, 7) is 4.00. The summed E-state index contributed by atoms with van der Waals surface area (Å²) in [5.74, 6) is -1.06. The minimum absolute atomic E-state index is 0.0623. The van der Waals surface area contributed by atoms with E-state index in [-0.39, 0.29) is 34.5 Å². The Hall–Kier alpha value is -3.82. The first-order chi connectivity index (χ1) is 21.7. The molecule has 1 fully saturated rings. The summed E-state index contributed by atoms with van der Waals surface area (Å²) < 4.78 is 40.6. The van der Waals surface area contributed by atoms with Crippen molar-refractivity contribution in [3.63, 3.8) is 0 Å². The Morgan fingerprint density at radius 3 is 2.42 bits per heavy atom. The number of halogens is 2. The van der Waals surface area contributed by atoms with Gasteiger partial charge in [-0.25, -0.2) is 13.6 Å². The lowest BCUT2D eigenvalue weighted by molar-refractivity contribution is -0.136. The monoisotopic (exact) mass is 634 g/mol. The molecule has 0 radical (unpaired) electrons. The molecule has 1 aromatic heterocycles. The first-order valence-electron chi connectivity index (χ1n) is 15.4. The maximum Gasteiger partial charge on any atom is 0.334 e. The summed E-state index contributed by atoms with van der Waals surface area (Å²) in [6.07, 6.45) is 10.7. The zero-order chi connectivity index (χ0) is 32.2. The number of hydrogen-bond donors (Lipinski definition) is 1. The molecule has 5 rings (SSSR count). The quantitative estimate of drug-likeness (QED) is 0.243. The number of allylic oxidation sites excluding steroid dienone is 5. The third-order valence-corrected chi connectivity index (χ3v) is 10.4. The summed E-state index contributed by atoms with van der Waals surface area (Å²) in [4.78, 5) is 29.2. The van der Waals surface area contributed by atoms with Gasteiger partial charge in [-0.3, -0.25) is 4.79 Å². The van der Waals surface area contributed by atoms with Crippen molar-refractivity contribution in [3.05, 3.63) is 92.9 Å². The number of thiophene rings is 1. The molecule has 1 amide bonds. The molecule has 2 aromatic carbocycles. The number of carbonyl (C=O) groups excluding carboxylic acids is 2. The van der Waals surface area contributed by atoms with E-state index in [1.165, 1.54) is 7.11 Å². The summed E-state index contributed by atoms with van der Waals surface area (Å²) >= 11 is 1.01. The van der Waals surface area contributed by atoms with E-state index in [0.29, 0.717) is 34.2 Å². The lowest BCUT2D eigenvalue weighted by atomic mass is 9.89. The van der Waals surface area contributed by atoms with Crippen LogP contribution >= 0.6 is 11.3 Å². The molecule has 45 heavy (non-hydrogen) atoms. The normalized spacial score (nSPS) is 18.5. The summed E-state index contributed by atoms with van der Waals surface area (Å²) in [5, 5.41) is 3.51. The molecular weight excluding hydrogens is 594 g/mol. The number of esters is 1. The number of nitrogens with zero attached hydrogens (tertiary/aromatic N) is 1. The summed E-state index contributed by atoms with van der Waals surface area (Å²) in [6, 6.07) is 8.35. The van der Waals surface area contributed by atoms with E-state index in [0.717, 1.165) is 77.8 Å². The molecule has 2 aliphatic carbocycles. The number of methoxy groups -OCH3 is 2. The molecule has 9 heteroatoms. The van der Waals surface area contributed by atoms with Gasteiger partial charge in [0.2, 0.25) is 0 Å². The molecule has 0 spiro atoms. The standard InChI is InChI=1S/C36H40F2N2O4S/c1-6-22-7-8-23(18-25(17-22)36(42)44-5)24-9-16-31(43-4)26(19-24)20-40(28-12-10-27(39-3)11-13-28)35(41)33-21(2)32-29(37)14-15-30(38)34(32)45-33/h7-9,14-16,18-19,27-28,39H,6,10-13,17,20H2,1-5H3. The molecule has 0 atom stereocenters. The second-order valence-electron chi connectivity index (χ2n) is 11.7. The number of rotatable bonds is 9. The number of nitrogens with one attached hydrogen (secondary N) is 1. The minimum atomic E-state index is -0.537. The van der Waals surface area contributed by atoms with Crippen molar-refractivity contribution in [2.75, 3.05) is 21.3 Å². The van der Waals surface area contributed by atoms with Crippen LogP contribution in [-0.2, 0) is 16.1 Å². The molecular formula is C36H40F2N2O4S. The van der Waals surface area contributed by atoms with E-state index >= 15 is 0 Å². The second-order valence-corrected chi connectivity index (χ2v) is 12.7. The molecule has 2 aliphatic rings. The Kier molecular flexibility index (Phi) is 10.2. The average molecular weight is 635 g/mol. The van der Waals surface area contributed by atoms with Crippen LogP contribution in [0.4, 0.5) is 8.78 Å². The zero-order valence-corrected chi connectivity index (χ0v) is 27.3. The maximum atomic E-state index is 14.8. The van der Waals surface area contributed by atoms with Crippen molar-refractivity contribution in [2.24, 2.45) is 0 Å². The van der Waals surface area contributed by atoms with Crippen molar-refractivity contribution in [2.45, 2.75) is 71.0 Å². The Labute approximate surface area is 267 Å². The van der Waals surface area contributed by atoms with Gasteiger partial charge in [-0.05, 0) is 93.1 Å². The predicted octanol–water partition coefficient (Wildman–Crippen LogP) is 7.89. The maximum absolute atomic E-state index is 14.8. The molecule has 0 aliphatic heterocycles. The molecule has 0 unspecified atom stereocenters. The lowest BCUT2D eigenvalue weighted by Crippen LogP contribution is -2.44. The highest BCUT2D eigenvalue weighted by Gasteiger charge is 2.32. The zero-order valence-electron chi connectivity index (χ0n) is 26.5. The Bertz CT molecular complexity index is 1700. The third-order valence-electron chi connectivity index (χ3n) is 9.08. The Morgan fingerprint density at radius 1 is 1.04 bits per heavy atom. The van der Waals surface area contributed by atoms with Crippen molar-refractivity contribution < 1.29 is 27.8 Å². The Balaban J connectivity index is 1.57. The number of carbonyl (C=O) groups is 2. The van der Waals surface area contributed by atoms with Gasteiger partial charge < -0.3 is 19.7 Å². The van der Waals surface area contributed by atoms with E-state index < -0.39 is 11.6 Å². The molecule has 0 bridgehead atoms. The van der Waals surface area contributed by atoms with Gasteiger partial charge in [0.1, 0.15) is 17.4 Å². The average Bonchev–Trinajstić information content (AvgIpc) is 3.27. The second kappa shape index (κ2) is 14.1. The third kappa shape index (κ3) is 6.75. The van der Waals surface area contributed by atoms with Crippen LogP contribution in [0.5, 0.6) is 5.75 Å². The van der Waals surface area contributed by atoms with Crippen LogP contribution in [0.1, 0.15) is 71.8 Å². The fourth-order valence-corrected chi connectivity index (χ4v) is 7.58. The van der Waals surface area contributed by atoms with Crippen LogP contribution in [0.2, 0.25) is 0 Å². The molecule has 6 nitrogen and oxygen atoms in total. The smallest absolute Gasteiger partial charge is 0.334 e. The lowest BCUT2D eigenvalue weighted by Gasteiger charge is -2.37. The van der Waals surface area contributed by atoms with Crippen molar-refractivity contribution in [1.82, 2.24) is 10.2 Å². The number of hydrogen-bond acceptors (Lipinski definition) is 6. The van der Waals surface area contributed by atoms with Gasteiger partial charge in [-0.1, -0.05) is 30.7 Å². The van der Waals surface area contributed by atoms with E-state index in [1.54, 1.807) is 14.0 Å². The fraction of sp³-hybridized carbons (Fsp3) is 0.389. The summed E-state index contributed by atoms with van der Waals surface area (Å²) in [5.41, 5.74) is 4.67. The van der Waals surface area contributed by atoms with Gasteiger partial charge in [0.15, 0.2) is 0 Å². The van der Waals surface area contributed by atoms with Crippen molar-refractivity contribution in [1.29, 1.82) is 0 Å². The largest absolute Gasteiger partial charge is 0.496 e. The van der Waals surface area contributed by atoms with E-state index in [1.807, 2.05) is 48.4 Å². The van der Waals surface area contributed by atoms with Crippen molar-refractivity contribution >= 4 is 38.9 Å². The van der Waals surface area contributed by atoms with Crippen LogP contribution < -0.4 is 10.1 Å². The topological polar surface area (TPSA) is 67.9 Å². The predicted molar refractivity (Wildman–Crippen MR) is 176 cm³/mol. The number of aryl methyl sites for hydroxylation is 1. The SMILES string of the molecule is CCC1=CC=C(c2ccc(OC)c(CN(C(=O)c3sc4c(F)ccc(F)c4c3C)C3CCC(NC)CC3)c2)C=C(C(=O)OC)C1. The first-order valence-corrected chi connectivity index (χ1v) is 16.2. The highest BCUT2D eigenvalue weighted by molar-refractivity contribution is 7.21. The van der Waals surface area contributed by atoms with Crippen LogP contribution in [0.25, 0.3) is 15.7 Å². The van der Waals surface area contributed by atoms with Gasteiger partial charge in [0, 0.05) is 41.6 Å². The van der Waals surface area contributed by atoms with Crippen LogP contribution in [0, 0.1) is 18.6 Å². The van der Waals surface area contributed by atoms with Crippen molar-refractivity contribution in [3.8, 4) is 5.75 Å². The molecule has 0 saturated heterocycles. The molecule has 1 heterocycles. The highest BCUT2D eigenvalue weighted by Crippen LogP contribution is 2.38. The van der Waals surface area contributed by atoms with E-state index in [4.69, 9.17) is 9.47 Å². The fourth-order valence-electron chi connectivity index (χ4n) is 6.40.